The van der Waals surface area contributed by atoms with Gasteiger partial charge in [-0.1, -0.05) is 23.8 Å². The number of anilines is 6. The Morgan fingerprint density at radius 3 is 1.20 bits per heavy atom. The van der Waals surface area contributed by atoms with Crippen LogP contribution in [-0.2, 0) is 20.6 Å². The van der Waals surface area contributed by atoms with Gasteiger partial charge in [0.1, 0.15) is 58.9 Å². The van der Waals surface area contributed by atoms with E-state index in [-0.39, 0.29) is 106 Å². The molecule has 15 rings (SSSR count). The molecule has 6 amide bonds. The summed E-state index contributed by atoms with van der Waals surface area (Å²) >= 11 is 1.32. The Bertz CT molecular complexity index is 6210. The van der Waals surface area contributed by atoms with Gasteiger partial charge in [-0.3, -0.25) is 61.5 Å². The van der Waals surface area contributed by atoms with E-state index in [0.717, 1.165) is 12.1 Å². The summed E-state index contributed by atoms with van der Waals surface area (Å²) in [5, 5.41) is 19.1. The van der Waals surface area contributed by atoms with Gasteiger partial charge in [0.05, 0.1) is 40.8 Å². The Morgan fingerprint density at radius 1 is 0.487 bits per heavy atom. The third-order valence-corrected chi connectivity index (χ3v) is 19.1. The van der Waals surface area contributed by atoms with Gasteiger partial charge in [-0.2, -0.15) is 18.4 Å². The molecule has 0 bridgehead atoms. The third-order valence-electron chi connectivity index (χ3n) is 18.4. The molecule has 34 nitrogen and oxygen atoms in total. The predicted molar refractivity (Wildman–Crippen MR) is 408 cm³/mol. The highest BCUT2D eigenvalue weighted by Crippen LogP contribution is 2.33. The molecular formula is C75H62F3N25O9S. The highest BCUT2D eigenvalue weighted by Gasteiger charge is 2.36. The van der Waals surface area contributed by atoms with Crippen molar-refractivity contribution in [3.63, 3.8) is 0 Å². The third kappa shape index (κ3) is 15.7. The van der Waals surface area contributed by atoms with Crippen molar-refractivity contribution in [1.82, 2.24) is 87.0 Å². The number of imidazole rings is 3. The molecule has 0 unspecified atom stereocenters. The molecule has 3 aliphatic heterocycles. The average Bonchev–Trinajstić information content (AvgIpc) is 1.60. The fourth-order valence-corrected chi connectivity index (χ4v) is 13.7. The Hall–Kier alpha value is -15.2. The van der Waals surface area contributed by atoms with Crippen molar-refractivity contribution in [3.8, 4) is 58.7 Å². The second-order valence-corrected chi connectivity index (χ2v) is 26.1. The molecule has 0 aliphatic carbocycles. The van der Waals surface area contributed by atoms with Crippen molar-refractivity contribution in [3.05, 3.63) is 199 Å². The van der Waals surface area contributed by atoms with Crippen LogP contribution in [-0.4, -0.2) is 162 Å². The van der Waals surface area contributed by atoms with Crippen molar-refractivity contribution < 1.29 is 41.9 Å². The molecule has 9 aromatic heterocycles. The van der Waals surface area contributed by atoms with Gasteiger partial charge in [0.15, 0.2) is 39.5 Å². The van der Waals surface area contributed by atoms with Crippen LogP contribution in [0.3, 0.4) is 0 Å². The van der Waals surface area contributed by atoms with E-state index in [1.54, 1.807) is 112 Å². The standard InChI is InChI=1S/C26H21F3N8O3.C26H21N9O3.C23H20N8O3S/c1-2-3-20(38)35-11-10-18(13-35)37-23-21(22(30)32-14-33-23)36(25(37)40)17-7-4-15(5-8-17)24(39)34-19-9-6-16(12-31-19)26(27,28)29;1-2-4-21(36)33-12-11-19(14-33)35-24-22(23(28)29-15-30-24)34(26(35)38)18-9-7-16(8-10-18)25(37)32-20-6-3-5-17(13-27)31-20;1-2-3-17(32)29-10-8-16(12-29)31-20-18(19(24)26-13-27-20)30(23(31)34)15-6-4-14(5-7-15)21(33)28-22-25-9-11-35-22/h4-9,12,14,18H,10-11,13H2,1H3,(H2,30,32,33)(H,31,34,39);3,5-10,15,19H,11-12,14H2,1H3,(H2,28,29,30)(H,31,32,37);4-7,9,11,13,16H,8,10,12H2,1H3,(H2,24,26,27)(H,25,28,33)/t18-;19-;16-/m111/s1. The number of amides is 6. The number of rotatable bonds is 12. The minimum atomic E-state index is -4.54. The number of pyridine rings is 2. The molecule has 12 heterocycles. The fraction of sp³-hybridized carbons (Fsp3) is 0.213. The summed E-state index contributed by atoms with van der Waals surface area (Å²) in [5.74, 6) is 13.7. The van der Waals surface area contributed by atoms with E-state index >= 15 is 0 Å². The molecule has 38 heteroatoms. The van der Waals surface area contributed by atoms with E-state index in [1.165, 1.54) is 83.5 Å². The number of fused-ring (bicyclic) bond motifs is 3. The molecule has 3 saturated heterocycles. The lowest BCUT2D eigenvalue weighted by molar-refractivity contribution is -0.137. The molecule has 113 heavy (non-hydrogen) atoms. The number of nitriles is 1. The number of nitrogens with zero attached hydrogens (tertiary/aromatic N) is 19. The van der Waals surface area contributed by atoms with Gasteiger partial charge in [0.2, 0.25) is 0 Å². The van der Waals surface area contributed by atoms with Gasteiger partial charge < -0.3 is 42.5 Å². The predicted octanol–water partition coefficient (Wildman–Crippen LogP) is 5.78. The fourth-order valence-electron chi connectivity index (χ4n) is 13.2. The number of carbonyl (C=O) groups is 6. The number of carbonyl (C=O) groups excluding carboxylic acids is 6. The number of nitrogens with one attached hydrogen (secondary N) is 3. The zero-order valence-electron chi connectivity index (χ0n) is 59.8. The van der Waals surface area contributed by atoms with Crippen LogP contribution in [0.1, 0.15) is 100 Å². The summed E-state index contributed by atoms with van der Waals surface area (Å²) < 4.78 is 47.0. The maximum absolute atomic E-state index is 13.7. The highest BCUT2D eigenvalue weighted by atomic mass is 32.1. The first-order valence-electron chi connectivity index (χ1n) is 34.4. The van der Waals surface area contributed by atoms with Crippen molar-refractivity contribution in [1.29, 1.82) is 5.26 Å². The van der Waals surface area contributed by atoms with Gasteiger partial charge in [-0.25, -0.2) is 59.2 Å². The molecule has 568 valence electrons. The highest BCUT2D eigenvalue weighted by molar-refractivity contribution is 7.13. The molecule has 3 fully saturated rings. The number of halogens is 3. The normalized spacial score (nSPS) is 14.9. The molecule has 3 aromatic carbocycles. The van der Waals surface area contributed by atoms with Gasteiger partial charge in [-0.15, -0.1) is 11.3 Å². The summed E-state index contributed by atoms with van der Waals surface area (Å²) in [7, 11) is 0. The lowest BCUT2D eigenvalue weighted by Gasteiger charge is -2.14. The molecule has 12 aromatic rings. The molecular weight excluding hydrogens is 1480 g/mol. The maximum Gasteiger partial charge on any atom is 0.417 e. The van der Waals surface area contributed by atoms with Crippen molar-refractivity contribution in [2.45, 2.75) is 64.3 Å². The lowest BCUT2D eigenvalue weighted by atomic mass is 10.2. The second-order valence-electron chi connectivity index (χ2n) is 25.3. The van der Waals surface area contributed by atoms with Crippen LogP contribution in [0.25, 0.3) is 50.6 Å². The molecule has 3 aliphatic rings. The largest absolute Gasteiger partial charge is 0.417 e. The lowest BCUT2D eigenvalue weighted by Crippen LogP contribution is -2.31. The van der Waals surface area contributed by atoms with Crippen LogP contribution < -0.4 is 50.2 Å². The van der Waals surface area contributed by atoms with Crippen molar-refractivity contribution in [2.75, 3.05) is 72.4 Å². The number of benzene rings is 3. The monoisotopic (exact) mass is 1550 g/mol. The number of likely N-dealkylation sites (tertiary alicyclic amines) is 3. The summed E-state index contributed by atoms with van der Waals surface area (Å²) in [6.07, 6.45) is 3.19. The van der Waals surface area contributed by atoms with Crippen LogP contribution >= 0.6 is 11.3 Å². The SMILES string of the molecule is CC#CC(=O)N1CC[C@@H](n2c(=O)n(-c3ccc(C(=O)Nc4ccc(C(F)(F)F)cn4)cc3)c3c(N)ncnc32)C1.CC#CC(=O)N1CC[C@@H](n2c(=O)n(-c3ccc(C(=O)Nc4cccc(C#N)n4)cc3)c3c(N)ncnc32)C1.CC#CC(=O)N1CC[C@@H](n2c(=O)n(-c3ccc(C(=O)Nc4nccs4)cc3)c3c(N)ncnc32)C1. The maximum atomic E-state index is 13.7. The number of alkyl halides is 3. The first-order chi connectivity index (χ1) is 54.5. The molecule has 0 spiro atoms. The summed E-state index contributed by atoms with van der Waals surface area (Å²) in [6.45, 7) is 7.09. The average molecular weight is 1550 g/mol. The van der Waals surface area contributed by atoms with E-state index in [4.69, 9.17) is 22.5 Å². The number of nitrogen functional groups attached to an aromatic ring is 3. The summed E-state index contributed by atoms with van der Waals surface area (Å²) in [4.78, 5) is 157. The first-order valence-corrected chi connectivity index (χ1v) is 35.3. The number of hydrogen-bond acceptors (Lipinski definition) is 23. The molecule has 0 saturated carbocycles. The smallest absolute Gasteiger partial charge is 0.382 e. The van der Waals surface area contributed by atoms with Gasteiger partial charge >= 0.3 is 23.2 Å². The Kier molecular flexibility index (Phi) is 21.8. The van der Waals surface area contributed by atoms with Crippen LogP contribution in [0.4, 0.5) is 47.4 Å². The van der Waals surface area contributed by atoms with Gasteiger partial charge in [-0.05, 0) is 155 Å². The van der Waals surface area contributed by atoms with E-state index in [9.17, 15) is 56.3 Å². The molecule has 3 atom stereocenters. The van der Waals surface area contributed by atoms with Gasteiger partial charge in [0.25, 0.3) is 35.4 Å². The zero-order valence-corrected chi connectivity index (χ0v) is 60.6. The number of nitrogens with two attached hydrogens (primary N) is 3. The number of hydrogen-bond donors (Lipinski definition) is 6. The van der Waals surface area contributed by atoms with E-state index < -0.39 is 29.2 Å². The van der Waals surface area contributed by atoms with Gasteiger partial charge in [0, 0.05) is 73.7 Å². The quantitative estimate of drug-likeness (QED) is 0.0789. The minimum absolute atomic E-state index is 0.0553. The molecule has 0 radical (unpaired) electrons. The Labute approximate surface area is 640 Å². The van der Waals surface area contributed by atoms with Crippen LogP contribution in [0.15, 0.2) is 154 Å². The van der Waals surface area contributed by atoms with Crippen LogP contribution in [0.5, 0.6) is 0 Å². The second kappa shape index (κ2) is 32.3. The zero-order chi connectivity index (χ0) is 79.9. The van der Waals surface area contributed by atoms with Crippen molar-refractivity contribution >= 4 is 114 Å². The number of aromatic nitrogens is 15. The molecule has 9 N–H and O–H groups in total. The van der Waals surface area contributed by atoms with E-state index in [0.29, 0.717) is 119 Å². The first kappa shape index (κ1) is 76.0. The Morgan fingerprint density at radius 2 is 0.867 bits per heavy atom. The summed E-state index contributed by atoms with van der Waals surface area (Å²) in [6, 6.07) is 26.4. The minimum Gasteiger partial charge on any atom is -0.382 e. The number of thiazole rings is 1. The topological polar surface area (TPSA) is 447 Å². The van der Waals surface area contributed by atoms with E-state index in [1.807, 2.05) is 6.07 Å². The Balaban J connectivity index is 0.000000148. The van der Waals surface area contributed by atoms with E-state index in [2.05, 4.69) is 96.3 Å². The van der Waals surface area contributed by atoms with Crippen LogP contribution in [0, 0.1) is 46.9 Å². The van der Waals surface area contributed by atoms with Crippen molar-refractivity contribution in [2.24, 2.45) is 0 Å². The van der Waals surface area contributed by atoms with Crippen LogP contribution in [0.2, 0.25) is 0 Å². The summed E-state index contributed by atoms with van der Waals surface area (Å²) in [5.41, 5.74) is 20.8.